The summed E-state index contributed by atoms with van der Waals surface area (Å²) < 4.78 is 15.4. The zero-order valence-corrected chi connectivity index (χ0v) is 15.7. The van der Waals surface area contributed by atoms with Crippen molar-refractivity contribution < 1.29 is 4.39 Å². The van der Waals surface area contributed by atoms with Crippen molar-refractivity contribution in [2.45, 2.75) is 38.1 Å². The highest BCUT2D eigenvalue weighted by atomic mass is 19.1. The van der Waals surface area contributed by atoms with Crippen molar-refractivity contribution in [2.75, 3.05) is 18.0 Å². The number of hydrogen-bond donors (Lipinski definition) is 0. The number of nitrogens with zero attached hydrogens (tertiary/aromatic N) is 6. The molecule has 0 aliphatic carbocycles. The molecule has 144 valence electrons. The number of aromatic nitrogens is 5. The van der Waals surface area contributed by atoms with E-state index in [1.165, 1.54) is 24.7 Å². The zero-order valence-electron chi connectivity index (χ0n) is 15.7. The summed E-state index contributed by atoms with van der Waals surface area (Å²) in [6.07, 6.45) is 9.93. The average molecular weight is 378 g/mol. The molecule has 1 fully saturated rings. The fourth-order valence-corrected chi connectivity index (χ4v) is 4.70. The summed E-state index contributed by atoms with van der Waals surface area (Å²) in [5.74, 6) is 2.82. The minimum absolute atomic E-state index is 0.463. The molecular weight excluding hydrogens is 355 g/mol. The summed E-state index contributed by atoms with van der Waals surface area (Å²) in [6, 6.07) is 7.12. The molecule has 5 heterocycles. The molecule has 2 aliphatic rings. The predicted molar refractivity (Wildman–Crippen MR) is 104 cm³/mol. The van der Waals surface area contributed by atoms with Gasteiger partial charge in [-0.15, -0.1) is 10.2 Å². The van der Waals surface area contributed by atoms with Crippen LogP contribution in [0.15, 0.2) is 43.0 Å². The number of halogens is 1. The average Bonchev–Trinajstić information content (AvgIpc) is 3.24. The van der Waals surface area contributed by atoms with E-state index < -0.39 is 5.95 Å². The van der Waals surface area contributed by atoms with E-state index in [4.69, 9.17) is 0 Å². The first-order valence-electron chi connectivity index (χ1n) is 9.99. The summed E-state index contributed by atoms with van der Waals surface area (Å²) >= 11 is 0. The van der Waals surface area contributed by atoms with Gasteiger partial charge >= 0.3 is 0 Å². The van der Waals surface area contributed by atoms with Gasteiger partial charge in [-0.05, 0) is 55.9 Å². The fourth-order valence-electron chi connectivity index (χ4n) is 4.70. The van der Waals surface area contributed by atoms with E-state index in [2.05, 4.69) is 29.6 Å². The van der Waals surface area contributed by atoms with Crippen LogP contribution in [0.5, 0.6) is 0 Å². The van der Waals surface area contributed by atoms with Gasteiger partial charge in [0.15, 0.2) is 0 Å². The van der Waals surface area contributed by atoms with Crippen LogP contribution < -0.4 is 4.90 Å². The van der Waals surface area contributed by atoms with E-state index in [9.17, 15) is 4.39 Å². The van der Waals surface area contributed by atoms with E-state index in [1.54, 1.807) is 12.3 Å². The van der Waals surface area contributed by atoms with Gasteiger partial charge in [0.25, 0.3) is 0 Å². The van der Waals surface area contributed by atoms with E-state index in [-0.39, 0.29) is 0 Å². The van der Waals surface area contributed by atoms with Crippen molar-refractivity contribution in [1.29, 1.82) is 0 Å². The lowest BCUT2D eigenvalue weighted by Gasteiger charge is -2.38. The number of fused-ring (bicyclic) bond motifs is 1. The van der Waals surface area contributed by atoms with Crippen LogP contribution in [0.4, 0.5) is 10.2 Å². The molecule has 0 bridgehead atoms. The van der Waals surface area contributed by atoms with E-state index in [1.807, 2.05) is 24.7 Å². The fraction of sp³-hybridized carbons (Fsp3) is 0.429. The minimum Gasteiger partial charge on any atom is -0.356 e. The maximum absolute atomic E-state index is 13.2. The Bertz CT molecular complexity index is 946. The van der Waals surface area contributed by atoms with Gasteiger partial charge in [-0.25, -0.2) is 9.97 Å². The Balaban J connectivity index is 1.34. The van der Waals surface area contributed by atoms with Crippen molar-refractivity contribution in [3.05, 3.63) is 54.8 Å². The lowest BCUT2D eigenvalue weighted by atomic mass is 9.79. The summed E-state index contributed by atoms with van der Waals surface area (Å²) in [7, 11) is 0. The van der Waals surface area contributed by atoms with Gasteiger partial charge in [-0.3, -0.25) is 0 Å². The second kappa shape index (κ2) is 7.30. The van der Waals surface area contributed by atoms with Crippen LogP contribution in [0.3, 0.4) is 0 Å². The number of hydrogen-bond acceptors (Lipinski definition) is 5. The van der Waals surface area contributed by atoms with Gasteiger partial charge in [0.05, 0.1) is 0 Å². The highest BCUT2D eigenvalue weighted by molar-refractivity contribution is 5.75. The molecule has 5 rings (SSSR count). The van der Waals surface area contributed by atoms with E-state index >= 15 is 0 Å². The molecule has 0 N–H and O–H groups in total. The normalized spacial score (nSPS) is 20.2. The summed E-state index contributed by atoms with van der Waals surface area (Å²) in [5, 5.41) is 8.52. The van der Waals surface area contributed by atoms with Crippen molar-refractivity contribution in [3.63, 3.8) is 0 Å². The number of aryl methyl sites for hydroxylation is 1. The molecule has 0 saturated carbocycles. The van der Waals surface area contributed by atoms with Gasteiger partial charge < -0.3 is 9.47 Å². The highest BCUT2D eigenvalue weighted by Crippen LogP contribution is 2.39. The first-order chi connectivity index (χ1) is 13.8. The smallest absolute Gasteiger partial charge is 0.212 e. The molecule has 6 nitrogen and oxygen atoms in total. The highest BCUT2D eigenvalue weighted by Gasteiger charge is 2.33. The third-order valence-electron chi connectivity index (χ3n) is 6.12. The minimum atomic E-state index is -0.463. The third-order valence-corrected chi connectivity index (χ3v) is 6.12. The Morgan fingerprint density at radius 3 is 2.71 bits per heavy atom. The molecule has 1 atom stereocenters. The van der Waals surface area contributed by atoms with E-state index in [0.717, 1.165) is 49.4 Å². The quantitative estimate of drug-likeness (QED) is 0.651. The largest absolute Gasteiger partial charge is 0.356 e. The molecule has 7 heteroatoms. The van der Waals surface area contributed by atoms with Gasteiger partial charge in [0.1, 0.15) is 18.0 Å². The molecule has 0 aromatic carbocycles. The van der Waals surface area contributed by atoms with Gasteiger partial charge in [0, 0.05) is 49.1 Å². The molecule has 0 amide bonds. The van der Waals surface area contributed by atoms with Crippen LogP contribution in [0.25, 0.3) is 11.1 Å². The standard InChI is InChI=1S/C21H23FN6/c22-19-6-5-16(13-24-19)18-3-1-9-23-20(18)27-11-7-15(8-12-27)17-4-2-10-28-14-25-26-21(17)28/h1,3,5-6,9,13-15,17H,2,4,7-8,10-12H2. The van der Waals surface area contributed by atoms with Crippen molar-refractivity contribution in [2.24, 2.45) is 5.92 Å². The Kier molecular flexibility index (Phi) is 4.50. The third kappa shape index (κ3) is 3.15. The van der Waals surface area contributed by atoms with Crippen molar-refractivity contribution in [3.8, 4) is 11.1 Å². The molecule has 0 spiro atoms. The number of piperidine rings is 1. The molecule has 2 aliphatic heterocycles. The van der Waals surface area contributed by atoms with Crippen molar-refractivity contribution in [1.82, 2.24) is 24.7 Å². The van der Waals surface area contributed by atoms with Crippen LogP contribution in [0.2, 0.25) is 0 Å². The van der Waals surface area contributed by atoms with E-state index in [0.29, 0.717) is 11.8 Å². The second-order valence-corrected chi connectivity index (χ2v) is 7.70. The molecule has 3 aromatic rings. The molecule has 28 heavy (non-hydrogen) atoms. The van der Waals surface area contributed by atoms with Crippen LogP contribution >= 0.6 is 0 Å². The van der Waals surface area contributed by atoms with Crippen LogP contribution in [-0.2, 0) is 6.54 Å². The SMILES string of the molecule is Fc1ccc(-c2cccnc2N2CCC(C3CCCn4cnnc43)CC2)cn1. The number of anilines is 1. The number of pyridine rings is 2. The molecular formula is C21H23FN6. The maximum atomic E-state index is 13.2. The van der Waals surface area contributed by atoms with Crippen LogP contribution in [0.1, 0.15) is 37.4 Å². The predicted octanol–water partition coefficient (Wildman–Crippen LogP) is 3.67. The lowest BCUT2D eigenvalue weighted by molar-refractivity contribution is 0.283. The summed E-state index contributed by atoms with van der Waals surface area (Å²) in [6.45, 7) is 2.97. The monoisotopic (exact) mass is 378 g/mol. The summed E-state index contributed by atoms with van der Waals surface area (Å²) in [4.78, 5) is 10.8. The molecule has 1 unspecified atom stereocenters. The van der Waals surface area contributed by atoms with Crippen LogP contribution in [0, 0.1) is 11.9 Å². The topological polar surface area (TPSA) is 59.7 Å². The molecule has 0 radical (unpaired) electrons. The zero-order chi connectivity index (χ0) is 18.9. The Morgan fingerprint density at radius 1 is 1.00 bits per heavy atom. The van der Waals surface area contributed by atoms with Gasteiger partial charge in [-0.2, -0.15) is 4.39 Å². The van der Waals surface area contributed by atoms with Gasteiger partial charge in [0.2, 0.25) is 5.95 Å². The Hall–Kier alpha value is -2.83. The summed E-state index contributed by atoms with van der Waals surface area (Å²) in [5.41, 5.74) is 1.90. The van der Waals surface area contributed by atoms with Crippen LogP contribution in [-0.4, -0.2) is 37.8 Å². The number of rotatable bonds is 3. The maximum Gasteiger partial charge on any atom is 0.212 e. The second-order valence-electron chi connectivity index (χ2n) is 7.70. The van der Waals surface area contributed by atoms with Gasteiger partial charge in [-0.1, -0.05) is 0 Å². The Morgan fingerprint density at radius 2 is 1.89 bits per heavy atom. The first-order valence-corrected chi connectivity index (χ1v) is 9.99. The lowest BCUT2D eigenvalue weighted by Crippen LogP contribution is -2.37. The first kappa shape index (κ1) is 17.3. The molecule has 1 saturated heterocycles. The van der Waals surface area contributed by atoms with Crippen molar-refractivity contribution >= 4 is 5.82 Å². The molecule has 3 aromatic heterocycles. The Labute approximate surface area is 163 Å².